The molecule has 0 radical (unpaired) electrons. The van der Waals surface area contributed by atoms with E-state index in [1.807, 2.05) is 19.1 Å². The SMILES string of the molecule is CC1C=C(C(=O)O)N2C(=O)C(NC(=O)/C(=N\OC3C=CCC3)c3csc(NC=O)n3)[C@H]2S1. The monoisotopic (exact) mass is 477 g/mol. The Bertz CT molecular complexity index is 1050. The standard InChI is InChI=1S/C19H19N5O6S2/c1-9-6-12(18(28)29)24-16(27)14(17(24)32-9)22-15(26)13(23-30-10-4-2-3-5-10)11-7-31-19(21-11)20-8-25/h2,4,6-10,14,17H,3,5H2,1H3,(H,22,26)(H,28,29)(H,20,21,25)/b23-13-/t9?,10?,14?,17-/m1/s1. The quantitative estimate of drug-likeness (QED) is 0.164. The van der Waals surface area contributed by atoms with E-state index in [1.54, 1.807) is 0 Å². The molecule has 3 aliphatic rings. The van der Waals surface area contributed by atoms with E-state index in [0.717, 1.165) is 24.2 Å². The van der Waals surface area contributed by atoms with Crippen LogP contribution in [0.4, 0.5) is 5.13 Å². The van der Waals surface area contributed by atoms with Gasteiger partial charge in [0.1, 0.15) is 28.9 Å². The number of fused-ring (bicyclic) bond motifs is 1. The van der Waals surface area contributed by atoms with Gasteiger partial charge in [0.05, 0.1) is 0 Å². The smallest absolute Gasteiger partial charge is 0.352 e. The molecule has 1 aromatic heterocycles. The summed E-state index contributed by atoms with van der Waals surface area (Å²) in [6, 6.07) is -0.916. The Labute approximate surface area is 190 Å². The summed E-state index contributed by atoms with van der Waals surface area (Å²) >= 11 is 2.47. The first kappa shape index (κ1) is 22.0. The summed E-state index contributed by atoms with van der Waals surface area (Å²) in [6.07, 6.45) is 7.06. The molecule has 4 rings (SSSR count). The lowest BCUT2D eigenvalue weighted by Crippen LogP contribution is -2.71. The minimum Gasteiger partial charge on any atom is -0.477 e. The molecule has 168 valence electrons. The van der Waals surface area contributed by atoms with E-state index >= 15 is 0 Å². The molecule has 32 heavy (non-hydrogen) atoms. The number of anilines is 1. The summed E-state index contributed by atoms with van der Waals surface area (Å²) < 4.78 is 0. The van der Waals surface area contributed by atoms with E-state index in [0.29, 0.717) is 6.41 Å². The van der Waals surface area contributed by atoms with Crippen molar-refractivity contribution in [2.75, 3.05) is 5.32 Å². The van der Waals surface area contributed by atoms with Crippen LogP contribution in [0.3, 0.4) is 0 Å². The van der Waals surface area contributed by atoms with Crippen LogP contribution in [0.1, 0.15) is 25.5 Å². The van der Waals surface area contributed by atoms with Crippen LogP contribution < -0.4 is 10.6 Å². The molecule has 0 aromatic carbocycles. The summed E-state index contributed by atoms with van der Waals surface area (Å²) in [6.45, 7) is 1.82. The summed E-state index contributed by atoms with van der Waals surface area (Å²) in [5.41, 5.74) is -0.0566. The maximum absolute atomic E-state index is 13.1. The molecule has 4 atom stereocenters. The number of thioether (sulfide) groups is 1. The van der Waals surface area contributed by atoms with E-state index in [2.05, 4.69) is 20.8 Å². The lowest BCUT2D eigenvalue weighted by Gasteiger charge is -2.49. The van der Waals surface area contributed by atoms with Gasteiger partial charge in [-0.25, -0.2) is 9.78 Å². The van der Waals surface area contributed by atoms with Gasteiger partial charge < -0.3 is 20.6 Å². The number of amides is 3. The van der Waals surface area contributed by atoms with E-state index < -0.39 is 29.2 Å². The van der Waals surface area contributed by atoms with Gasteiger partial charge in [-0.05, 0) is 31.9 Å². The molecular formula is C19H19N5O6S2. The first-order valence-electron chi connectivity index (χ1n) is 9.70. The highest BCUT2D eigenvalue weighted by Crippen LogP contribution is 2.40. The van der Waals surface area contributed by atoms with Crippen molar-refractivity contribution in [2.24, 2.45) is 5.16 Å². The Hall–Kier alpha value is -3.19. The van der Waals surface area contributed by atoms with Gasteiger partial charge in [0.2, 0.25) is 6.41 Å². The number of rotatable bonds is 8. The number of hydrogen-bond acceptors (Lipinski definition) is 9. The number of carbonyl (C=O) groups excluding carboxylic acids is 3. The molecule has 0 spiro atoms. The Morgan fingerprint density at radius 1 is 1.44 bits per heavy atom. The Morgan fingerprint density at radius 3 is 2.94 bits per heavy atom. The van der Waals surface area contributed by atoms with E-state index in [4.69, 9.17) is 4.84 Å². The molecule has 0 bridgehead atoms. The molecule has 11 nitrogen and oxygen atoms in total. The van der Waals surface area contributed by atoms with Crippen LogP contribution in [-0.4, -0.2) is 67.7 Å². The third-order valence-electron chi connectivity index (χ3n) is 4.95. The highest BCUT2D eigenvalue weighted by molar-refractivity contribution is 8.00. The second-order valence-corrected chi connectivity index (χ2v) is 9.49. The lowest BCUT2D eigenvalue weighted by molar-refractivity contribution is -0.150. The second-order valence-electron chi connectivity index (χ2n) is 7.14. The summed E-state index contributed by atoms with van der Waals surface area (Å²) in [5.74, 6) is -2.40. The van der Waals surface area contributed by atoms with Crippen LogP contribution in [0, 0.1) is 0 Å². The van der Waals surface area contributed by atoms with Crippen LogP contribution in [-0.2, 0) is 24.0 Å². The topological polar surface area (TPSA) is 150 Å². The van der Waals surface area contributed by atoms with Crippen molar-refractivity contribution in [3.05, 3.63) is 35.0 Å². The third kappa shape index (κ3) is 4.25. The molecule has 3 amide bonds. The second kappa shape index (κ2) is 9.12. The number of aromatic nitrogens is 1. The van der Waals surface area contributed by atoms with Crippen molar-refractivity contribution in [1.29, 1.82) is 0 Å². The zero-order valence-corrected chi connectivity index (χ0v) is 18.4. The van der Waals surface area contributed by atoms with Crippen molar-refractivity contribution < 1.29 is 29.1 Å². The number of nitrogens with one attached hydrogen (secondary N) is 2. The first-order valence-corrected chi connectivity index (χ1v) is 11.5. The molecule has 1 aliphatic carbocycles. The molecule has 3 unspecified atom stereocenters. The van der Waals surface area contributed by atoms with Crippen molar-refractivity contribution in [2.45, 2.75) is 42.5 Å². The van der Waals surface area contributed by atoms with Crippen LogP contribution in [0.2, 0.25) is 0 Å². The summed E-state index contributed by atoms with van der Waals surface area (Å²) in [4.78, 5) is 58.6. The highest BCUT2D eigenvalue weighted by Gasteiger charge is 2.54. The normalized spacial score (nSPS) is 26.7. The van der Waals surface area contributed by atoms with Gasteiger partial charge >= 0.3 is 5.97 Å². The number of β-lactam (4-membered cyclic amide) rings is 1. The van der Waals surface area contributed by atoms with Gasteiger partial charge in [-0.3, -0.25) is 19.3 Å². The highest BCUT2D eigenvalue weighted by atomic mass is 32.2. The fourth-order valence-electron chi connectivity index (χ4n) is 3.45. The van der Waals surface area contributed by atoms with E-state index in [1.165, 1.54) is 28.1 Å². The maximum Gasteiger partial charge on any atom is 0.352 e. The van der Waals surface area contributed by atoms with Crippen molar-refractivity contribution in [3.63, 3.8) is 0 Å². The number of carboxylic acids is 1. The zero-order chi connectivity index (χ0) is 22.8. The van der Waals surface area contributed by atoms with E-state index in [9.17, 15) is 24.3 Å². The van der Waals surface area contributed by atoms with Gasteiger partial charge in [-0.1, -0.05) is 11.2 Å². The lowest BCUT2D eigenvalue weighted by atomic mass is 10.0. The van der Waals surface area contributed by atoms with Crippen molar-refractivity contribution >= 4 is 58.1 Å². The molecule has 0 saturated carbocycles. The molecule has 1 saturated heterocycles. The largest absolute Gasteiger partial charge is 0.477 e. The molecule has 3 heterocycles. The molecule has 3 N–H and O–H groups in total. The van der Waals surface area contributed by atoms with Crippen molar-refractivity contribution in [1.82, 2.24) is 15.2 Å². The number of carboxylic acid groups (broad SMARTS) is 1. The van der Waals surface area contributed by atoms with Gasteiger partial charge in [0.15, 0.2) is 10.8 Å². The van der Waals surface area contributed by atoms with E-state index in [-0.39, 0.29) is 33.6 Å². The first-order chi connectivity index (χ1) is 15.4. The average molecular weight is 478 g/mol. The Kier molecular flexibility index (Phi) is 6.28. The summed E-state index contributed by atoms with van der Waals surface area (Å²) in [7, 11) is 0. The van der Waals surface area contributed by atoms with Gasteiger partial charge in [-0.2, -0.15) is 0 Å². The number of nitrogens with zero attached hydrogens (tertiary/aromatic N) is 3. The maximum atomic E-state index is 13.1. The third-order valence-corrected chi connectivity index (χ3v) is 7.05. The van der Waals surface area contributed by atoms with Gasteiger partial charge in [0.25, 0.3) is 11.8 Å². The molecule has 1 aromatic rings. The Morgan fingerprint density at radius 2 is 2.25 bits per heavy atom. The van der Waals surface area contributed by atoms with Gasteiger partial charge in [0, 0.05) is 10.6 Å². The number of oxime groups is 1. The number of hydrogen-bond donors (Lipinski definition) is 3. The number of allylic oxidation sites excluding steroid dienone is 1. The molecular weight excluding hydrogens is 458 g/mol. The van der Waals surface area contributed by atoms with Crippen LogP contribution >= 0.6 is 23.1 Å². The minimum absolute atomic E-state index is 0.0916. The molecule has 13 heteroatoms. The summed E-state index contributed by atoms with van der Waals surface area (Å²) in [5, 5.41) is 19.5. The number of thiazole rings is 1. The van der Waals surface area contributed by atoms with Crippen molar-refractivity contribution in [3.8, 4) is 0 Å². The Balaban J connectivity index is 1.53. The van der Waals surface area contributed by atoms with Crippen LogP contribution in [0.25, 0.3) is 0 Å². The number of aliphatic carboxylic acids is 1. The fourth-order valence-corrected chi connectivity index (χ4v) is 5.44. The minimum atomic E-state index is -1.20. The predicted molar refractivity (Wildman–Crippen MR) is 117 cm³/mol. The average Bonchev–Trinajstić information content (AvgIpc) is 3.44. The predicted octanol–water partition coefficient (Wildman–Crippen LogP) is 0.908. The molecule has 1 fully saturated rings. The van der Waals surface area contributed by atoms with Gasteiger partial charge in [-0.15, -0.1) is 23.1 Å². The fraction of sp³-hybridized carbons (Fsp3) is 0.368. The zero-order valence-electron chi connectivity index (χ0n) is 16.8. The van der Waals surface area contributed by atoms with Crippen LogP contribution in [0.5, 0.6) is 0 Å². The molecule has 2 aliphatic heterocycles. The van der Waals surface area contributed by atoms with Crippen LogP contribution in [0.15, 0.2) is 34.5 Å². The number of carbonyl (C=O) groups is 4.